The van der Waals surface area contributed by atoms with Crippen molar-refractivity contribution in [1.82, 2.24) is 15.2 Å². The topological polar surface area (TPSA) is 63.7 Å². The maximum absolute atomic E-state index is 13.4. The van der Waals surface area contributed by atoms with Crippen molar-refractivity contribution in [2.75, 3.05) is 20.8 Å². The van der Waals surface area contributed by atoms with Crippen molar-refractivity contribution in [3.63, 3.8) is 0 Å². The molecular formula is C23H31N3O3. The zero-order valence-electron chi connectivity index (χ0n) is 18.0. The van der Waals surface area contributed by atoms with E-state index in [1.807, 2.05) is 29.2 Å². The summed E-state index contributed by atoms with van der Waals surface area (Å²) >= 11 is 0. The SMILES string of the molecule is COc1cc2c(cc1OC)CN(C(=O)[C@@H](NCc1ccncc1)C(C)(C)C)CC2. The fraction of sp³-hybridized carbons (Fsp3) is 0.478. The van der Waals surface area contributed by atoms with Gasteiger partial charge < -0.3 is 19.7 Å². The van der Waals surface area contributed by atoms with Crippen molar-refractivity contribution < 1.29 is 14.3 Å². The number of pyridine rings is 1. The van der Waals surface area contributed by atoms with Gasteiger partial charge in [-0.05, 0) is 52.8 Å². The molecule has 0 bridgehead atoms. The first-order valence-corrected chi connectivity index (χ1v) is 9.98. The molecule has 1 N–H and O–H groups in total. The van der Waals surface area contributed by atoms with Crippen LogP contribution in [0.4, 0.5) is 0 Å². The van der Waals surface area contributed by atoms with Crippen LogP contribution in [-0.2, 0) is 24.3 Å². The Kier molecular flexibility index (Phi) is 6.42. The van der Waals surface area contributed by atoms with E-state index in [9.17, 15) is 4.79 Å². The second-order valence-electron chi connectivity index (χ2n) is 8.52. The Bertz CT molecular complexity index is 846. The Hall–Kier alpha value is -2.60. The van der Waals surface area contributed by atoms with Crippen molar-refractivity contribution in [2.45, 2.75) is 46.3 Å². The maximum Gasteiger partial charge on any atom is 0.240 e. The van der Waals surface area contributed by atoms with Gasteiger partial charge in [-0.15, -0.1) is 0 Å². The molecule has 1 atom stereocenters. The number of rotatable bonds is 6. The summed E-state index contributed by atoms with van der Waals surface area (Å²) in [5.41, 5.74) is 3.23. The Balaban J connectivity index is 1.76. The largest absolute Gasteiger partial charge is 0.493 e. The molecule has 0 saturated heterocycles. The van der Waals surface area contributed by atoms with E-state index in [0.29, 0.717) is 25.4 Å². The Morgan fingerprint density at radius 2 is 1.76 bits per heavy atom. The summed E-state index contributed by atoms with van der Waals surface area (Å²) in [6.07, 6.45) is 4.35. The molecule has 29 heavy (non-hydrogen) atoms. The molecule has 1 aliphatic rings. The van der Waals surface area contributed by atoms with Gasteiger partial charge in [0.1, 0.15) is 0 Å². The number of nitrogens with zero attached hydrogens (tertiary/aromatic N) is 2. The lowest BCUT2D eigenvalue weighted by molar-refractivity contribution is -0.137. The van der Waals surface area contributed by atoms with Crippen molar-refractivity contribution in [1.29, 1.82) is 0 Å². The highest BCUT2D eigenvalue weighted by Crippen LogP contribution is 2.34. The number of benzene rings is 1. The lowest BCUT2D eigenvalue weighted by Gasteiger charge is -2.37. The average Bonchev–Trinajstić information content (AvgIpc) is 2.72. The van der Waals surface area contributed by atoms with Gasteiger partial charge >= 0.3 is 0 Å². The van der Waals surface area contributed by atoms with Gasteiger partial charge in [0, 0.05) is 32.0 Å². The fourth-order valence-electron chi connectivity index (χ4n) is 3.74. The van der Waals surface area contributed by atoms with Gasteiger partial charge in [-0.25, -0.2) is 0 Å². The van der Waals surface area contributed by atoms with Gasteiger partial charge in [-0.3, -0.25) is 9.78 Å². The normalized spacial score (nSPS) is 14.9. The van der Waals surface area contributed by atoms with Crippen LogP contribution in [0.2, 0.25) is 0 Å². The molecule has 0 fully saturated rings. The van der Waals surface area contributed by atoms with Crippen LogP contribution >= 0.6 is 0 Å². The van der Waals surface area contributed by atoms with Crippen molar-refractivity contribution in [3.8, 4) is 11.5 Å². The van der Waals surface area contributed by atoms with Gasteiger partial charge in [0.15, 0.2) is 11.5 Å². The van der Waals surface area contributed by atoms with Crippen molar-refractivity contribution >= 4 is 5.91 Å². The minimum absolute atomic E-state index is 0.131. The number of carbonyl (C=O) groups is 1. The molecule has 6 heteroatoms. The first-order valence-electron chi connectivity index (χ1n) is 9.98. The van der Waals surface area contributed by atoms with Crippen LogP contribution in [0.25, 0.3) is 0 Å². The van der Waals surface area contributed by atoms with Gasteiger partial charge in [0.05, 0.1) is 20.3 Å². The van der Waals surface area contributed by atoms with E-state index in [2.05, 4.69) is 31.1 Å². The molecule has 1 aromatic heterocycles. The highest BCUT2D eigenvalue weighted by Gasteiger charge is 2.35. The van der Waals surface area contributed by atoms with Crippen LogP contribution in [0.5, 0.6) is 11.5 Å². The molecule has 0 radical (unpaired) electrons. The summed E-state index contributed by atoms with van der Waals surface area (Å²) in [7, 11) is 3.28. The average molecular weight is 398 g/mol. The van der Waals surface area contributed by atoms with Crippen LogP contribution < -0.4 is 14.8 Å². The quantitative estimate of drug-likeness (QED) is 0.811. The smallest absolute Gasteiger partial charge is 0.240 e. The van der Waals surface area contributed by atoms with Crippen LogP contribution in [-0.4, -0.2) is 42.6 Å². The summed E-state index contributed by atoms with van der Waals surface area (Å²) in [6, 6.07) is 7.67. The van der Waals surface area contributed by atoms with Crippen LogP contribution in [0.3, 0.4) is 0 Å². The first kappa shape index (κ1) is 21.1. The summed E-state index contributed by atoms with van der Waals surface area (Å²) in [5, 5.41) is 3.47. The van der Waals surface area contributed by atoms with Crippen molar-refractivity contribution in [3.05, 3.63) is 53.3 Å². The molecule has 1 aromatic carbocycles. The van der Waals surface area contributed by atoms with Crippen LogP contribution in [0.1, 0.15) is 37.5 Å². The molecular weight excluding hydrogens is 366 g/mol. The third kappa shape index (κ3) is 4.88. The maximum atomic E-state index is 13.4. The Morgan fingerprint density at radius 1 is 1.14 bits per heavy atom. The lowest BCUT2D eigenvalue weighted by atomic mass is 9.85. The summed E-state index contributed by atoms with van der Waals surface area (Å²) in [4.78, 5) is 19.5. The van der Waals surface area contributed by atoms with Gasteiger partial charge in [-0.2, -0.15) is 0 Å². The minimum Gasteiger partial charge on any atom is -0.493 e. The fourth-order valence-corrected chi connectivity index (χ4v) is 3.74. The molecule has 6 nitrogen and oxygen atoms in total. The van der Waals surface area contributed by atoms with E-state index >= 15 is 0 Å². The number of hydrogen-bond donors (Lipinski definition) is 1. The molecule has 0 saturated carbocycles. The summed E-state index contributed by atoms with van der Waals surface area (Å²) in [6.45, 7) is 8.21. The molecule has 2 aromatic rings. The highest BCUT2D eigenvalue weighted by atomic mass is 16.5. The van der Waals surface area contributed by atoms with E-state index in [0.717, 1.165) is 23.3 Å². The standard InChI is InChI=1S/C23H31N3O3/c1-23(2,3)21(25-14-16-6-9-24-10-7-16)22(27)26-11-8-17-12-19(28-4)20(29-5)13-18(17)15-26/h6-7,9-10,12-13,21,25H,8,11,14-15H2,1-5H3/t21-/m1/s1. The Labute approximate surface area is 173 Å². The molecule has 0 unspecified atom stereocenters. The van der Waals surface area contributed by atoms with E-state index in [-0.39, 0.29) is 17.4 Å². The Morgan fingerprint density at radius 3 is 2.34 bits per heavy atom. The number of hydrogen-bond acceptors (Lipinski definition) is 5. The van der Waals surface area contributed by atoms with Crippen molar-refractivity contribution in [2.24, 2.45) is 5.41 Å². The zero-order valence-corrected chi connectivity index (χ0v) is 18.0. The number of ether oxygens (including phenoxy) is 2. The number of carbonyl (C=O) groups excluding carboxylic acids is 1. The molecule has 2 heterocycles. The van der Waals surface area contributed by atoms with E-state index in [1.54, 1.807) is 26.6 Å². The third-order valence-electron chi connectivity index (χ3n) is 5.40. The molecule has 156 valence electrons. The van der Waals surface area contributed by atoms with Gasteiger partial charge in [0.25, 0.3) is 0 Å². The van der Waals surface area contributed by atoms with Crippen LogP contribution in [0.15, 0.2) is 36.7 Å². The first-order chi connectivity index (χ1) is 13.8. The number of aromatic nitrogens is 1. The number of amides is 1. The monoisotopic (exact) mass is 397 g/mol. The molecule has 3 rings (SSSR count). The number of fused-ring (bicyclic) bond motifs is 1. The molecule has 0 aliphatic carbocycles. The lowest BCUT2D eigenvalue weighted by Crippen LogP contribution is -2.53. The van der Waals surface area contributed by atoms with Gasteiger partial charge in [0.2, 0.25) is 5.91 Å². The van der Waals surface area contributed by atoms with Gasteiger partial charge in [-0.1, -0.05) is 20.8 Å². The number of nitrogens with one attached hydrogen (secondary N) is 1. The second-order valence-corrected chi connectivity index (χ2v) is 8.52. The van der Waals surface area contributed by atoms with E-state index in [1.165, 1.54) is 5.56 Å². The molecule has 1 aliphatic heterocycles. The van der Waals surface area contributed by atoms with E-state index < -0.39 is 0 Å². The predicted molar refractivity (Wildman–Crippen MR) is 113 cm³/mol. The van der Waals surface area contributed by atoms with Crippen LogP contribution in [0, 0.1) is 5.41 Å². The summed E-state index contributed by atoms with van der Waals surface area (Å²) in [5.74, 6) is 1.56. The zero-order chi connectivity index (χ0) is 21.0. The summed E-state index contributed by atoms with van der Waals surface area (Å²) < 4.78 is 10.9. The molecule has 0 spiro atoms. The number of methoxy groups -OCH3 is 2. The predicted octanol–water partition coefficient (Wildman–Crippen LogP) is 3.19. The highest BCUT2D eigenvalue weighted by molar-refractivity contribution is 5.83. The van der Waals surface area contributed by atoms with E-state index in [4.69, 9.17) is 9.47 Å². The second kappa shape index (κ2) is 8.82. The third-order valence-corrected chi connectivity index (χ3v) is 5.40. The molecule has 1 amide bonds. The minimum atomic E-state index is -0.280.